The average molecular weight is 263 g/mol. The molecule has 1 heterocycles. The third kappa shape index (κ3) is 2.96. The molecule has 1 aliphatic heterocycles. The summed E-state index contributed by atoms with van der Waals surface area (Å²) in [6.45, 7) is 4.01. The first-order chi connectivity index (χ1) is 8.91. The molecule has 0 aromatic heterocycles. The van der Waals surface area contributed by atoms with Gasteiger partial charge < -0.3 is 15.1 Å². The van der Waals surface area contributed by atoms with Crippen LogP contribution in [-0.2, 0) is 4.79 Å². The van der Waals surface area contributed by atoms with Gasteiger partial charge in [0.25, 0.3) is 5.91 Å². The number of hydrogen-bond acceptors (Lipinski definition) is 3. The Morgan fingerprint density at radius 2 is 2.00 bits per heavy atom. The molecule has 4 nitrogen and oxygen atoms in total. The molecule has 2 N–H and O–H groups in total. The predicted molar refractivity (Wildman–Crippen MR) is 72.4 cm³/mol. The van der Waals surface area contributed by atoms with Crippen LogP contribution in [0, 0.1) is 0 Å². The van der Waals surface area contributed by atoms with Gasteiger partial charge in [0.05, 0.1) is 11.6 Å². The third-order valence-corrected chi connectivity index (χ3v) is 3.70. The zero-order valence-electron chi connectivity index (χ0n) is 11.4. The van der Waals surface area contributed by atoms with Gasteiger partial charge in [0.2, 0.25) is 0 Å². The predicted octanol–water partition coefficient (Wildman–Crippen LogP) is 1.48. The number of carbonyl (C=O) groups is 1. The van der Waals surface area contributed by atoms with Crippen LogP contribution in [0.25, 0.3) is 0 Å². The molecule has 0 radical (unpaired) electrons. The Kier molecular flexibility index (Phi) is 3.92. The molecule has 1 fully saturated rings. The van der Waals surface area contributed by atoms with Crippen molar-refractivity contribution in [2.24, 2.45) is 0 Å². The molecule has 2 rings (SSSR count). The number of aliphatic hydroxyl groups is 2. The number of likely N-dealkylation sites (tertiary alicyclic amines) is 1. The summed E-state index contributed by atoms with van der Waals surface area (Å²) >= 11 is 0. The van der Waals surface area contributed by atoms with E-state index in [4.69, 9.17) is 0 Å². The van der Waals surface area contributed by atoms with Gasteiger partial charge in [0.15, 0.2) is 6.10 Å². The van der Waals surface area contributed by atoms with E-state index in [-0.39, 0.29) is 11.9 Å². The van der Waals surface area contributed by atoms with Crippen molar-refractivity contribution in [2.75, 3.05) is 6.54 Å². The monoisotopic (exact) mass is 263 g/mol. The van der Waals surface area contributed by atoms with Gasteiger partial charge in [-0.25, -0.2) is 0 Å². The highest BCUT2D eigenvalue weighted by atomic mass is 16.3. The second kappa shape index (κ2) is 5.31. The first kappa shape index (κ1) is 14.0. The molecule has 104 valence electrons. The first-order valence-corrected chi connectivity index (χ1v) is 6.67. The SMILES string of the molecule is CC(C)(O)C1CCCN1C(=O)C(O)c1ccccc1. The van der Waals surface area contributed by atoms with Crippen LogP contribution in [0.4, 0.5) is 0 Å². The number of nitrogens with zero attached hydrogens (tertiary/aromatic N) is 1. The average Bonchev–Trinajstić information content (AvgIpc) is 2.87. The summed E-state index contributed by atoms with van der Waals surface area (Å²) in [4.78, 5) is 14.0. The summed E-state index contributed by atoms with van der Waals surface area (Å²) in [7, 11) is 0. The van der Waals surface area contributed by atoms with Crippen LogP contribution in [0.2, 0.25) is 0 Å². The minimum Gasteiger partial charge on any atom is -0.388 e. The van der Waals surface area contributed by atoms with Crippen molar-refractivity contribution in [1.29, 1.82) is 0 Å². The molecule has 0 spiro atoms. The smallest absolute Gasteiger partial charge is 0.256 e. The number of rotatable bonds is 3. The lowest BCUT2D eigenvalue weighted by Gasteiger charge is -2.34. The van der Waals surface area contributed by atoms with E-state index in [1.54, 1.807) is 43.0 Å². The van der Waals surface area contributed by atoms with Crippen molar-refractivity contribution in [3.63, 3.8) is 0 Å². The molecular weight excluding hydrogens is 242 g/mol. The maximum absolute atomic E-state index is 12.4. The lowest BCUT2D eigenvalue weighted by Crippen LogP contribution is -2.49. The Morgan fingerprint density at radius 3 is 2.58 bits per heavy atom. The molecule has 1 aliphatic rings. The van der Waals surface area contributed by atoms with E-state index in [0.717, 1.165) is 12.8 Å². The lowest BCUT2D eigenvalue weighted by atomic mass is 9.96. The summed E-state index contributed by atoms with van der Waals surface area (Å²) in [6.07, 6.45) is 0.489. The van der Waals surface area contributed by atoms with Crippen molar-refractivity contribution in [3.8, 4) is 0 Å². The van der Waals surface area contributed by atoms with Crippen LogP contribution in [0.15, 0.2) is 30.3 Å². The van der Waals surface area contributed by atoms with Gasteiger partial charge in [-0.05, 0) is 32.3 Å². The van der Waals surface area contributed by atoms with E-state index in [2.05, 4.69) is 0 Å². The maximum Gasteiger partial charge on any atom is 0.256 e. The Balaban J connectivity index is 2.15. The van der Waals surface area contributed by atoms with Crippen LogP contribution in [0.1, 0.15) is 38.4 Å². The van der Waals surface area contributed by atoms with Crippen molar-refractivity contribution in [1.82, 2.24) is 4.90 Å². The highest BCUT2D eigenvalue weighted by Crippen LogP contribution is 2.29. The van der Waals surface area contributed by atoms with E-state index in [1.165, 1.54) is 0 Å². The summed E-state index contributed by atoms with van der Waals surface area (Å²) in [6, 6.07) is 8.68. The fourth-order valence-corrected chi connectivity index (χ4v) is 2.70. The Labute approximate surface area is 113 Å². The van der Waals surface area contributed by atoms with Crippen LogP contribution in [0.3, 0.4) is 0 Å². The summed E-state index contributed by atoms with van der Waals surface area (Å²) in [5.41, 5.74) is -0.350. The number of hydrogen-bond donors (Lipinski definition) is 2. The van der Waals surface area contributed by atoms with Gasteiger partial charge in [-0.15, -0.1) is 0 Å². The number of amides is 1. The van der Waals surface area contributed by atoms with Crippen LogP contribution >= 0.6 is 0 Å². The zero-order valence-corrected chi connectivity index (χ0v) is 11.4. The minimum absolute atomic E-state index is 0.224. The normalized spacial score (nSPS) is 21.5. The zero-order chi connectivity index (χ0) is 14.0. The number of aliphatic hydroxyl groups excluding tert-OH is 1. The highest BCUT2D eigenvalue weighted by Gasteiger charge is 2.40. The molecule has 1 aromatic carbocycles. The second-order valence-electron chi connectivity index (χ2n) is 5.66. The summed E-state index contributed by atoms with van der Waals surface area (Å²) < 4.78 is 0. The van der Waals surface area contributed by atoms with Crippen LogP contribution < -0.4 is 0 Å². The largest absolute Gasteiger partial charge is 0.388 e. The fraction of sp³-hybridized carbons (Fsp3) is 0.533. The van der Waals surface area contributed by atoms with E-state index in [1.807, 2.05) is 6.07 Å². The number of carbonyl (C=O) groups excluding carboxylic acids is 1. The standard InChI is InChI=1S/C15H21NO3/c1-15(2,19)12-9-6-10-16(12)14(18)13(17)11-7-4-3-5-8-11/h3-5,7-8,12-13,17,19H,6,9-10H2,1-2H3. The lowest BCUT2D eigenvalue weighted by molar-refractivity contribution is -0.146. The summed E-state index contributed by atoms with van der Waals surface area (Å²) in [5, 5.41) is 20.3. The Bertz CT molecular complexity index is 438. The van der Waals surface area contributed by atoms with Gasteiger partial charge in [-0.3, -0.25) is 4.79 Å². The Hall–Kier alpha value is -1.39. The van der Waals surface area contributed by atoms with Gasteiger partial charge in [-0.1, -0.05) is 30.3 Å². The van der Waals surface area contributed by atoms with E-state index in [9.17, 15) is 15.0 Å². The molecule has 0 saturated carbocycles. The van der Waals surface area contributed by atoms with E-state index in [0.29, 0.717) is 12.1 Å². The molecular formula is C15H21NO3. The molecule has 1 saturated heterocycles. The quantitative estimate of drug-likeness (QED) is 0.868. The fourth-order valence-electron chi connectivity index (χ4n) is 2.70. The highest BCUT2D eigenvalue weighted by molar-refractivity contribution is 5.82. The van der Waals surface area contributed by atoms with Crippen molar-refractivity contribution in [3.05, 3.63) is 35.9 Å². The maximum atomic E-state index is 12.4. The minimum atomic E-state index is -1.15. The van der Waals surface area contributed by atoms with Crippen molar-refractivity contribution >= 4 is 5.91 Å². The molecule has 0 bridgehead atoms. The van der Waals surface area contributed by atoms with Crippen LogP contribution in [-0.4, -0.2) is 39.2 Å². The topological polar surface area (TPSA) is 60.8 Å². The first-order valence-electron chi connectivity index (χ1n) is 6.67. The van der Waals surface area contributed by atoms with E-state index >= 15 is 0 Å². The molecule has 0 aliphatic carbocycles. The molecule has 2 unspecified atom stereocenters. The molecule has 4 heteroatoms. The van der Waals surface area contributed by atoms with Gasteiger partial charge in [-0.2, -0.15) is 0 Å². The second-order valence-corrected chi connectivity index (χ2v) is 5.66. The molecule has 19 heavy (non-hydrogen) atoms. The Morgan fingerprint density at radius 1 is 1.37 bits per heavy atom. The van der Waals surface area contributed by atoms with Gasteiger partial charge >= 0.3 is 0 Å². The van der Waals surface area contributed by atoms with Crippen LogP contribution in [0.5, 0.6) is 0 Å². The summed E-state index contributed by atoms with van der Waals surface area (Å²) in [5.74, 6) is -0.323. The third-order valence-electron chi connectivity index (χ3n) is 3.70. The number of benzene rings is 1. The van der Waals surface area contributed by atoms with Crippen molar-refractivity contribution < 1.29 is 15.0 Å². The van der Waals surface area contributed by atoms with Gasteiger partial charge in [0.1, 0.15) is 0 Å². The molecule has 1 amide bonds. The van der Waals surface area contributed by atoms with Gasteiger partial charge in [0, 0.05) is 6.54 Å². The van der Waals surface area contributed by atoms with E-state index < -0.39 is 11.7 Å². The molecule has 2 atom stereocenters. The molecule has 1 aromatic rings. The van der Waals surface area contributed by atoms with Crippen molar-refractivity contribution in [2.45, 2.75) is 44.4 Å².